The Balaban J connectivity index is 1.44. The summed E-state index contributed by atoms with van der Waals surface area (Å²) in [7, 11) is 0. The normalized spacial score (nSPS) is 17.7. The fourth-order valence-corrected chi connectivity index (χ4v) is 5.25. The lowest BCUT2D eigenvalue weighted by Gasteiger charge is -2.25. The average molecular weight is 556 g/mol. The molecule has 10 heteroatoms. The third-order valence-corrected chi connectivity index (χ3v) is 6.99. The van der Waals surface area contributed by atoms with Crippen molar-refractivity contribution in [3.8, 4) is 0 Å². The summed E-state index contributed by atoms with van der Waals surface area (Å²) in [5, 5.41) is 9.64. The monoisotopic (exact) mass is 554 g/mol. The van der Waals surface area contributed by atoms with Crippen LogP contribution in [0.1, 0.15) is 35.2 Å². The first-order valence-electron chi connectivity index (χ1n) is 12.6. The van der Waals surface area contributed by atoms with Crippen LogP contribution < -0.4 is 22.1 Å². The molecule has 0 aromatic heterocycles. The van der Waals surface area contributed by atoms with Gasteiger partial charge in [0, 0.05) is 47.8 Å². The molecule has 1 saturated heterocycles. The average Bonchev–Trinajstić information content (AvgIpc) is 3.03. The van der Waals surface area contributed by atoms with E-state index in [1.807, 2.05) is 59.5 Å². The van der Waals surface area contributed by atoms with Crippen LogP contribution in [0.2, 0.25) is 10.0 Å². The van der Waals surface area contributed by atoms with Crippen molar-refractivity contribution in [2.24, 2.45) is 16.5 Å². The number of amides is 2. The van der Waals surface area contributed by atoms with E-state index in [9.17, 15) is 9.59 Å². The van der Waals surface area contributed by atoms with E-state index in [1.165, 1.54) is 0 Å². The SMILES string of the molecule is NC(N)=NCCCC1NC(CNC(=O)c2ccc3ccccc3c2)CCN(Cc2cc(Cl)cc(Cl)c2)C1=O. The van der Waals surface area contributed by atoms with E-state index in [0.717, 1.165) is 16.3 Å². The van der Waals surface area contributed by atoms with Crippen LogP contribution in [0.15, 0.2) is 65.7 Å². The number of nitrogens with zero attached hydrogens (tertiary/aromatic N) is 2. The highest BCUT2D eigenvalue weighted by Gasteiger charge is 2.31. The highest BCUT2D eigenvalue weighted by molar-refractivity contribution is 6.34. The van der Waals surface area contributed by atoms with Crippen molar-refractivity contribution >= 4 is 51.7 Å². The standard InChI is InChI=1S/C28H32Cl2N6O2/c29-22-12-18(13-23(30)15-22)17-36-11-9-24(35-25(27(36)38)6-3-10-33-28(31)32)16-34-26(37)21-8-7-19-4-1-2-5-20(19)14-21/h1-2,4-5,7-8,12-15,24-25,35H,3,6,9-11,16-17H2,(H,34,37)(H4,31,32,33). The largest absolute Gasteiger partial charge is 0.370 e. The fraction of sp³-hybridized carbons (Fsp3) is 0.321. The van der Waals surface area contributed by atoms with Gasteiger partial charge in [0.15, 0.2) is 5.96 Å². The van der Waals surface area contributed by atoms with Gasteiger partial charge in [-0.05, 0) is 65.9 Å². The van der Waals surface area contributed by atoms with Crippen molar-refractivity contribution in [1.82, 2.24) is 15.5 Å². The molecule has 0 saturated carbocycles. The Morgan fingerprint density at radius 1 is 1.05 bits per heavy atom. The number of hydrogen-bond acceptors (Lipinski definition) is 4. The molecule has 4 rings (SSSR count). The first kappa shape index (κ1) is 27.7. The number of aliphatic imine (C=N–C) groups is 1. The Morgan fingerprint density at radius 2 is 1.79 bits per heavy atom. The summed E-state index contributed by atoms with van der Waals surface area (Å²) >= 11 is 12.4. The molecule has 6 N–H and O–H groups in total. The maximum absolute atomic E-state index is 13.5. The summed E-state index contributed by atoms with van der Waals surface area (Å²) in [6, 6.07) is 18.3. The summed E-state index contributed by atoms with van der Waals surface area (Å²) < 4.78 is 0. The van der Waals surface area contributed by atoms with Crippen LogP contribution in [0.4, 0.5) is 0 Å². The second kappa shape index (κ2) is 13.0. The van der Waals surface area contributed by atoms with Crippen LogP contribution in [0.25, 0.3) is 10.8 Å². The first-order chi connectivity index (χ1) is 18.3. The minimum Gasteiger partial charge on any atom is -0.370 e. The molecule has 2 unspecified atom stereocenters. The minimum atomic E-state index is -0.441. The number of carbonyl (C=O) groups is 2. The molecule has 3 aromatic rings. The fourth-order valence-electron chi connectivity index (χ4n) is 4.68. The number of carbonyl (C=O) groups excluding carboxylic acids is 2. The van der Waals surface area contributed by atoms with Crippen LogP contribution in [0.5, 0.6) is 0 Å². The van der Waals surface area contributed by atoms with Crippen molar-refractivity contribution in [3.63, 3.8) is 0 Å². The van der Waals surface area contributed by atoms with Crippen molar-refractivity contribution in [2.45, 2.75) is 37.9 Å². The number of benzene rings is 3. The number of nitrogens with two attached hydrogens (primary N) is 2. The van der Waals surface area contributed by atoms with Crippen LogP contribution in [-0.4, -0.2) is 54.4 Å². The number of halogens is 2. The van der Waals surface area contributed by atoms with Gasteiger partial charge in [0.2, 0.25) is 5.91 Å². The molecule has 0 spiro atoms. The van der Waals surface area contributed by atoms with Crippen molar-refractivity contribution in [2.75, 3.05) is 19.6 Å². The Labute approximate surface area is 232 Å². The molecule has 1 fully saturated rings. The van der Waals surface area contributed by atoms with Gasteiger partial charge in [-0.15, -0.1) is 0 Å². The highest BCUT2D eigenvalue weighted by Crippen LogP contribution is 2.22. The molecule has 3 aromatic carbocycles. The molecule has 1 aliphatic rings. The van der Waals surface area contributed by atoms with Crippen molar-refractivity contribution < 1.29 is 9.59 Å². The molecule has 0 bridgehead atoms. The summed E-state index contributed by atoms with van der Waals surface area (Å²) in [5.41, 5.74) is 12.3. The summed E-state index contributed by atoms with van der Waals surface area (Å²) in [6.07, 6.45) is 1.86. The summed E-state index contributed by atoms with van der Waals surface area (Å²) in [6.45, 7) is 1.74. The summed E-state index contributed by atoms with van der Waals surface area (Å²) in [4.78, 5) is 32.3. The van der Waals surface area contributed by atoms with Gasteiger partial charge in [-0.1, -0.05) is 53.5 Å². The molecule has 2 atom stereocenters. The number of rotatable bonds is 9. The zero-order valence-corrected chi connectivity index (χ0v) is 22.5. The van der Waals surface area contributed by atoms with Crippen LogP contribution >= 0.6 is 23.2 Å². The molecule has 38 heavy (non-hydrogen) atoms. The quantitative estimate of drug-likeness (QED) is 0.182. The Kier molecular flexibility index (Phi) is 9.44. The van der Waals surface area contributed by atoms with Crippen molar-refractivity contribution in [3.05, 3.63) is 81.8 Å². The molecule has 1 heterocycles. The predicted octanol–water partition coefficient (Wildman–Crippen LogP) is 3.69. The molecular formula is C28H32Cl2N6O2. The second-order valence-electron chi connectivity index (χ2n) is 9.46. The lowest BCUT2D eigenvalue weighted by atomic mass is 10.1. The van der Waals surface area contributed by atoms with E-state index in [2.05, 4.69) is 15.6 Å². The van der Waals surface area contributed by atoms with E-state index in [0.29, 0.717) is 61.1 Å². The Bertz CT molecular complexity index is 1310. The van der Waals surface area contributed by atoms with Gasteiger partial charge in [0.05, 0.1) is 6.04 Å². The number of nitrogens with one attached hydrogen (secondary N) is 2. The number of guanidine groups is 1. The first-order valence-corrected chi connectivity index (χ1v) is 13.4. The predicted molar refractivity (Wildman–Crippen MR) is 153 cm³/mol. The zero-order chi connectivity index (χ0) is 27.1. The smallest absolute Gasteiger partial charge is 0.251 e. The van der Waals surface area contributed by atoms with Crippen molar-refractivity contribution in [1.29, 1.82) is 0 Å². The van der Waals surface area contributed by atoms with E-state index in [1.54, 1.807) is 6.07 Å². The van der Waals surface area contributed by atoms with E-state index < -0.39 is 6.04 Å². The maximum atomic E-state index is 13.5. The van der Waals surface area contributed by atoms with Crippen LogP contribution in [0, 0.1) is 0 Å². The van der Waals surface area contributed by atoms with Gasteiger partial charge in [-0.3, -0.25) is 14.6 Å². The number of fused-ring (bicyclic) bond motifs is 1. The van der Waals surface area contributed by atoms with Gasteiger partial charge >= 0.3 is 0 Å². The lowest BCUT2D eigenvalue weighted by molar-refractivity contribution is -0.133. The molecule has 2 amide bonds. The van der Waals surface area contributed by atoms with Gasteiger partial charge in [-0.2, -0.15) is 0 Å². The van der Waals surface area contributed by atoms with Gasteiger partial charge in [0.1, 0.15) is 0 Å². The minimum absolute atomic E-state index is 0.0193. The van der Waals surface area contributed by atoms with Crippen LogP contribution in [0.3, 0.4) is 0 Å². The van der Waals surface area contributed by atoms with Crippen LogP contribution in [-0.2, 0) is 11.3 Å². The lowest BCUT2D eigenvalue weighted by Crippen LogP contribution is -2.48. The third-order valence-electron chi connectivity index (χ3n) is 6.56. The molecule has 0 radical (unpaired) electrons. The van der Waals surface area contributed by atoms with Gasteiger partial charge in [-0.25, -0.2) is 0 Å². The van der Waals surface area contributed by atoms with E-state index in [4.69, 9.17) is 34.7 Å². The molecule has 1 aliphatic heterocycles. The van der Waals surface area contributed by atoms with Gasteiger partial charge in [0.25, 0.3) is 5.91 Å². The van der Waals surface area contributed by atoms with E-state index >= 15 is 0 Å². The summed E-state index contributed by atoms with van der Waals surface area (Å²) in [5.74, 6) is -0.143. The zero-order valence-electron chi connectivity index (χ0n) is 21.0. The highest BCUT2D eigenvalue weighted by atomic mass is 35.5. The maximum Gasteiger partial charge on any atom is 0.251 e. The molecule has 200 valence electrons. The number of hydrogen-bond donors (Lipinski definition) is 4. The Morgan fingerprint density at radius 3 is 2.53 bits per heavy atom. The molecule has 0 aliphatic carbocycles. The van der Waals surface area contributed by atoms with E-state index in [-0.39, 0.29) is 23.8 Å². The second-order valence-corrected chi connectivity index (χ2v) is 10.3. The molecular weight excluding hydrogens is 523 g/mol. The Hall–Kier alpha value is -3.33. The topological polar surface area (TPSA) is 126 Å². The third kappa shape index (κ3) is 7.60. The molecule has 8 nitrogen and oxygen atoms in total. The van der Waals surface area contributed by atoms with Gasteiger partial charge < -0.3 is 27.0 Å².